The zero-order valence-electron chi connectivity index (χ0n) is 14.7. The summed E-state index contributed by atoms with van der Waals surface area (Å²) in [7, 11) is 2.06. The second-order valence-electron chi connectivity index (χ2n) is 7.04. The van der Waals surface area contributed by atoms with Crippen LogP contribution in [0.1, 0.15) is 23.9 Å². The summed E-state index contributed by atoms with van der Waals surface area (Å²) in [6.07, 6.45) is 2.45. The molecule has 1 aliphatic heterocycles. The van der Waals surface area contributed by atoms with Gasteiger partial charge in [-0.2, -0.15) is 0 Å². The first-order valence-corrected chi connectivity index (χ1v) is 10.3. The van der Waals surface area contributed by atoms with Crippen molar-refractivity contribution in [2.75, 3.05) is 6.54 Å². The Morgan fingerprint density at radius 2 is 1.92 bits per heavy atom. The number of nitrogens with zero attached hydrogens (tertiary/aromatic N) is 3. The summed E-state index contributed by atoms with van der Waals surface area (Å²) in [5.41, 5.74) is 3.55. The Balaban J connectivity index is 1.52. The van der Waals surface area contributed by atoms with Gasteiger partial charge in [0.25, 0.3) is 0 Å². The Kier molecular flexibility index (Phi) is 3.92. The summed E-state index contributed by atoms with van der Waals surface area (Å²) >= 11 is 7.59. The van der Waals surface area contributed by atoms with Crippen LogP contribution < -0.4 is 4.90 Å². The minimum atomic E-state index is 0.466. The molecule has 132 valence electrons. The molecule has 1 unspecified atom stereocenters. The van der Waals surface area contributed by atoms with Crippen molar-refractivity contribution in [2.45, 2.75) is 25.6 Å². The van der Waals surface area contributed by atoms with Gasteiger partial charge in [0.2, 0.25) is 0 Å². The van der Waals surface area contributed by atoms with Crippen molar-refractivity contribution in [3.63, 3.8) is 0 Å². The fourth-order valence-electron chi connectivity index (χ4n) is 4.16. The van der Waals surface area contributed by atoms with Gasteiger partial charge < -0.3 is 9.47 Å². The topological polar surface area (TPSA) is 27.2 Å². The number of nitrogens with one attached hydrogen (secondary N) is 1. The van der Waals surface area contributed by atoms with E-state index in [-0.39, 0.29) is 0 Å². The van der Waals surface area contributed by atoms with E-state index in [4.69, 9.17) is 17.2 Å². The third-order valence-corrected chi connectivity index (χ3v) is 7.15. The van der Waals surface area contributed by atoms with E-state index >= 15 is 0 Å². The van der Waals surface area contributed by atoms with Gasteiger partial charge in [-0.25, -0.2) is 4.98 Å². The summed E-state index contributed by atoms with van der Waals surface area (Å²) in [5.74, 6) is 0. The average molecular weight is 382 g/mol. The number of rotatable bonds is 3. The minimum absolute atomic E-state index is 0.466. The number of aryl methyl sites for hydroxylation is 1. The van der Waals surface area contributed by atoms with E-state index in [1.54, 1.807) is 4.90 Å². The molecule has 1 fully saturated rings. The molecule has 1 aliphatic rings. The lowest BCUT2D eigenvalue weighted by atomic mass is 10.2. The monoisotopic (exact) mass is 381 g/mol. The fraction of sp³-hybridized carbons (Fsp3) is 0.300. The Morgan fingerprint density at radius 3 is 2.77 bits per heavy atom. The summed E-state index contributed by atoms with van der Waals surface area (Å²) in [5, 5.41) is 1.27. The Bertz CT molecular complexity index is 1120. The number of benzene rings is 2. The molecule has 4 nitrogen and oxygen atoms in total. The van der Waals surface area contributed by atoms with Crippen molar-refractivity contribution in [1.29, 1.82) is 0 Å². The Hall–Kier alpha value is -2.02. The van der Waals surface area contributed by atoms with Gasteiger partial charge in [0, 0.05) is 19.9 Å². The molecule has 0 radical (unpaired) electrons. The normalized spacial score (nSPS) is 20.3. The number of aromatic nitrogens is 3. The van der Waals surface area contributed by atoms with Crippen LogP contribution in [-0.2, 0) is 13.7 Å². The second-order valence-corrected chi connectivity index (χ2v) is 8.47. The number of imidazole rings is 1. The molecule has 26 heavy (non-hydrogen) atoms. The van der Waals surface area contributed by atoms with Crippen LogP contribution in [0.5, 0.6) is 0 Å². The van der Waals surface area contributed by atoms with Crippen LogP contribution >= 0.6 is 23.6 Å². The Labute approximate surface area is 161 Å². The SMILES string of the molecule is Cn1c(=S)n(C[NH+]2CCC[C@H]2c2nc3ccccc3s2)c2ccccc21. The number of hydrogen-bond donors (Lipinski definition) is 1. The maximum atomic E-state index is 5.74. The number of quaternary nitrogens is 1. The lowest BCUT2D eigenvalue weighted by molar-refractivity contribution is -0.940. The molecule has 0 aliphatic carbocycles. The zero-order chi connectivity index (χ0) is 17.7. The summed E-state index contributed by atoms with van der Waals surface area (Å²) in [6, 6.07) is 17.4. The summed E-state index contributed by atoms with van der Waals surface area (Å²) < 4.78 is 6.60. The molecule has 2 atom stereocenters. The van der Waals surface area contributed by atoms with Crippen molar-refractivity contribution in [2.24, 2.45) is 7.05 Å². The second kappa shape index (κ2) is 6.30. The third kappa shape index (κ3) is 2.52. The molecular formula is C20H21N4S2+. The molecule has 0 saturated carbocycles. The molecule has 1 N–H and O–H groups in total. The number of thiazole rings is 1. The first kappa shape index (κ1) is 16.2. The molecule has 5 rings (SSSR count). The van der Waals surface area contributed by atoms with E-state index in [1.807, 2.05) is 11.3 Å². The molecule has 0 amide bonds. The molecule has 2 aromatic carbocycles. The van der Waals surface area contributed by atoms with E-state index in [1.165, 1.54) is 40.1 Å². The van der Waals surface area contributed by atoms with Crippen LogP contribution in [0.3, 0.4) is 0 Å². The molecule has 3 heterocycles. The number of fused-ring (bicyclic) bond motifs is 2. The highest BCUT2D eigenvalue weighted by Crippen LogP contribution is 2.29. The van der Waals surface area contributed by atoms with Crippen LogP contribution in [0.2, 0.25) is 0 Å². The fourth-order valence-corrected chi connectivity index (χ4v) is 5.58. The number of likely N-dealkylation sites (tertiary alicyclic amines) is 1. The molecule has 1 saturated heterocycles. The lowest BCUT2D eigenvalue weighted by Crippen LogP contribution is -3.09. The van der Waals surface area contributed by atoms with Gasteiger partial charge in [0.05, 0.1) is 27.8 Å². The largest absolute Gasteiger partial charge is 0.320 e. The van der Waals surface area contributed by atoms with Crippen molar-refractivity contribution in [1.82, 2.24) is 14.1 Å². The molecule has 0 bridgehead atoms. The lowest BCUT2D eigenvalue weighted by Gasteiger charge is -2.20. The smallest absolute Gasteiger partial charge is 0.184 e. The van der Waals surface area contributed by atoms with Crippen LogP contribution in [0, 0.1) is 4.77 Å². The van der Waals surface area contributed by atoms with E-state index in [0.717, 1.165) is 17.0 Å². The highest BCUT2D eigenvalue weighted by molar-refractivity contribution is 7.71. The van der Waals surface area contributed by atoms with Gasteiger partial charge >= 0.3 is 0 Å². The molecule has 4 aromatic rings. The van der Waals surface area contributed by atoms with Crippen molar-refractivity contribution in [3.8, 4) is 0 Å². The summed E-state index contributed by atoms with van der Waals surface area (Å²) in [6.45, 7) is 2.08. The van der Waals surface area contributed by atoms with Crippen molar-refractivity contribution in [3.05, 3.63) is 58.3 Å². The van der Waals surface area contributed by atoms with Gasteiger partial charge in [-0.3, -0.25) is 4.57 Å². The van der Waals surface area contributed by atoms with E-state index < -0.39 is 0 Å². The van der Waals surface area contributed by atoms with Crippen LogP contribution in [0.4, 0.5) is 0 Å². The minimum Gasteiger partial charge on any atom is -0.320 e. The standard InChI is InChI=1S/C20H20N4S2/c1-22-15-8-3-4-9-16(15)24(20(22)25)13-23-12-6-10-17(23)19-21-14-7-2-5-11-18(14)26-19/h2-5,7-9,11,17H,6,10,12-13H2,1H3/p+1/t17-/m0/s1. The van der Waals surface area contributed by atoms with Gasteiger partial charge in [0.1, 0.15) is 6.04 Å². The van der Waals surface area contributed by atoms with Crippen molar-refractivity contribution < 1.29 is 4.90 Å². The first-order chi connectivity index (χ1) is 12.7. The van der Waals surface area contributed by atoms with Crippen molar-refractivity contribution >= 4 is 44.8 Å². The van der Waals surface area contributed by atoms with E-state index in [0.29, 0.717) is 6.04 Å². The predicted molar refractivity (Wildman–Crippen MR) is 109 cm³/mol. The van der Waals surface area contributed by atoms with Gasteiger partial charge in [-0.05, 0) is 36.5 Å². The van der Waals surface area contributed by atoms with Gasteiger partial charge in [-0.1, -0.05) is 24.3 Å². The molecule has 6 heteroatoms. The molecule has 0 spiro atoms. The average Bonchev–Trinajstić information content (AvgIpc) is 3.35. The quantitative estimate of drug-likeness (QED) is 0.548. The van der Waals surface area contributed by atoms with E-state index in [2.05, 4.69) is 64.7 Å². The number of hydrogen-bond acceptors (Lipinski definition) is 3. The maximum absolute atomic E-state index is 5.74. The third-order valence-electron chi connectivity index (χ3n) is 5.50. The Morgan fingerprint density at radius 1 is 1.15 bits per heavy atom. The van der Waals surface area contributed by atoms with Crippen LogP contribution in [0.25, 0.3) is 21.3 Å². The number of para-hydroxylation sites is 3. The zero-order valence-corrected chi connectivity index (χ0v) is 16.3. The highest BCUT2D eigenvalue weighted by atomic mass is 32.1. The first-order valence-electron chi connectivity index (χ1n) is 9.06. The van der Waals surface area contributed by atoms with E-state index in [9.17, 15) is 0 Å². The van der Waals surface area contributed by atoms with Crippen LogP contribution in [-0.4, -0.2) is 20.7 Å². The van der Waals surface area contributed by atoms with Gasteiger partial charge in [-0.15, -0.1) is 11.3 Å². The van der Waals surface area contributed by atoms with Crippen LogP contribution in [0.15, 0.2) is 48.5 Å². The summed E-state index contributed by atoms with van der Waals surface area (Å²) in [4.78, 5) is 6.50. The molecular weight excluding hydrogens is 360 g/mol. The predicted octanol–water partition coefficient (Wildman–Crippen LogP) is 3.70. The van der Waals surface area contributed by atoms with Gasteiger partial charge in [0.15, 0.2) is 16.4 Å². The maximum Gasteiger partial charge on any atom is 0.184 e. The highest BCUT2D eigenvalue weighted by Gasteiger charge is 2.33. The molecule has 2 aromatic heterocycles.